The predicted molar refractivity (Wildman–Crippen MR) is 70.6 cm³/mol. The lowest BCUT2D eigenvalue weighted by Gasteiger charge is -2.08. The van der Waals surface area contributed by atoms with Gasteiger partial charge >= 0.3 is 0 Å². The highest BCUT2D eigenvalue weighted by Crippen LogP contribution is 2.13. The fraction of sp³-hybridized carbons (Fsp3) is 0. The third-order valence-electron chi connectivity index (χ3n) is 2.54. The van der Waals surface area contributed by atoms with Gasteiger partial charge in [-0.25, -0.2) is 17.2 Å². The van der Waals surface area contributed by atoms with Crippen LogP contribution in [-0.2, 0) is 10.0 Å². The van der Waals surface area contributed by atoms with E-state index in [0.29, 0.717) is 12.1 Å². The molecule has 2 N–H and O–H groups in total. The molecule has 0 unspecified atom stereocenters. The van der Waals surface area contributed by atoms with E-state index in [0.717, 1.165) is 6.07 Å². The number of nitrogens with one attached hydrogen (secondary N) is 2. The number of hydrogen-bond acceptors (Lipinski definition) is 3. The van der Waals surface area contributed by atoms with Gasteiger partial charge in [0.15, 0.2) is 11.6 Å². The molecule has 0 saturated heterocycles. The van der Waals surface area contributed by atoms with Crippen LogP contribution in [-0.4, -0.2) is 14.3 Å². The molecule has 0 spiro atoms. The Hall–Kier alpha value is -2.32. The molecule has 0 radical (unpaired) electrons. The monoisotopic (exact) mass is 312 g/mol. The van der Waals surface area contributed by atoms with Crippen molar-refractivity contribution in [2.45, 2.75) is 4.90 Å². The Bertz CT molecular complexity index is 764. The Labute approximate surface area is 119 Å². The maximum absolute atomic E-state index is 13.0. The normalized spacial score (nSPS) is 11.1. The van der Waals surface area contributed by atoms with Crippen LogP contribution >= 0.6 is 0 Å². The molecule has 0 aliphatic rings. The van der Waals surface area contributed by atoms with Crippen molar-refractivity contribution >= 4 is 15.9 Å². The molecule has 2 aromatic carbocycles. The minimum Gasteiger partial charge on any atom is -0.273 e. The predicted octanol–water partition coefficient (Wildman–Crippen LogP) is 1.59. The molecule has 0 saturated carbocycles. The number of amides is 1. The van der Waals surface area contributed by atoms with Crippen LogP contribution < -0.4 is 10.3 Å². The van der Waals surface area contributed by atoms with Crippen molar-refractivity contribution in [2.75, 3.05) is 0 Å². The summed E-state index contributed by atoms with van der Waals surface area (Å²) in [5.41, 5.74) is 2.22. The fourth-order valence-corrected chi connectivity index (χ4v) is 2.33. The molecule has 2 rings (SSSR count). The maximum Gasteiger partial charge on any atom is 0.266 e. The second-order valence-corrected chi connectivity index (χ2v) is 5.68. The van der Waals surface area contributed by atoms with E-state index >= 15 is 0 Å². The van der Waals surface area contributed by atoms with Gasteiger partial charge in [0.1, 0.15) is 0 Å². The van der Waals surface area contributed by atoms with Gasteiger partial charge in [-0.1, -0.05) is 18.2 Å². The zero-order valence-corrected chi connectivity index (χ0v) is 11.3. The van der Waals surface area contributed by atoms with Crippen LogP contribution in [0.3, 0.4) is 0 Å². The molecule has 0 bridgehead atoms. The van der Waals surface area contributed by atoms with Gasteiger partial charge in [-0.05, 0) is 30.3 Å². The molecule has 0 atom stereocenters. The molecular weight excluding hydrogens is 302 g/mol. The van der Waals surface area contributed by atoms with Gasteiger partial charge in [0.25, 0.3) is 15.9 Å². The largest absolute Gasteiger partial charge is 0.273 e. The van der Waals surface area contributed by atoms with Crippen LogP contribution in [0.15, 0.2) is 53.4 Å². The average molecular weight is 312 g/mol. The highest BCUT2D eigenvalue weighted by Gasteiger charge is 2.17. The van der Waals surface area contributed by atoms with E-state index in [4.69, 9.17) is 0 Å². The van der Waals surface area contributed by atoms with E-state index in [-0.39, 0.29) is 5.56 Å². The number of sulfonamides is 1. The topological polar surface area (TPSA) is 75.3 Å². The first-order valence-corrected chi connectivity index (χ1v) is 7.21. The maximum atomic E-state index is 13.0. The molecule has 0 aromatic heterocycles. The van der Waals surface area contributed by atoms with Crippen molar-refractivity contribution in [1.29, 1.82) is 0 Å². The number of carbonyl (C=O) groups excluding carboxylic acids is 1. The summed E-state index contributed by atoms with van der Waals surface area (Å²) in [5.74, 6) is -3.14. The zero-order valence-electron chi connectivity index (χ0n) is 10.5. The first-order valence-electron chi connectivity index (χ1n) is 5.72. The summed E-state index contributed by atoms with van der Waals surface area (Å²) < 4.78 is 49.4. The van der Waals surface area contributed by atoms with E-state index in [1.54, 1.807) is 23.0 Å². The summed E-state index contributed by atoms with van der Waals surface area (Å²) in [6, 6.07) is 9.98. The molecule has 0 heterocycles. The standard InChI is InChI=1S/C13H10F2N2O3S/c14-11-7-6-10(8-12(11)15)21(19,20)17-16-13(18)9-4-2-1-3-5-9/h1-8,17H,(H,16,18). The first-order chi connectivity index (χ1) is 9.90. The van der Waals surface area contributed by atoms with Crippen molar-refractivity contribution in [3.05, 3.63) is 65.7 Å². The van der Waals surface area contributed by atoms with Gasteiger partial charge in [0, 0.05) is 5.56 Å². The summed E-state index contributed by atoms with van der Waals surface area (Å²) in [6.07, 6.45) is 0. The van der Waals surface area contributed by atoms with E-state index in [2.05, 4.69) is 0 Å². The number of hydrazine groups is 1. The molecular formula is C13H10F2N2O3S. The first kappa shape index (κ1) is 15.1. The summed E-state index contributed by atoms with van der Waals surface area (Å²) in [6.45, 7) is 0. The van der Waals surface area contributed by atoms with Crippen LogP contribution in [0.4, 0.5) is 8.78 Å². The number of rotatable bonds is 4. The highest BCUT2D eigenvalue weighted by molar-refractivity contribution is 7.89. The smallest absolute Gasteiger partial charge is 0.266 e. The molecule has 0 aliphatic heterocycles. The lowest BCUT2D eigenvalue weighted by atomic mass is 10.2. The molecule has 5 nitrogen and oxygen atoms in total. The van der Waals surface area contributed by atoms with Crippen LogP contribution in [0.1, 0.15) is 10.4 Å². The lowest BCUT2D eigenvalue weighted by Crippen LogP contribution is -2.41. The Balaban J connectivity index is 2.11. The third-order valence-corrected chi connectivity index (χ3v) is 3.78. The number of carbonyl (C=O) groups is 1. The van der Waals surface area contributed by atoms with Gasteiger partial charge in [-0.3, -0.25) is 10.2 Å². The Morgan fingerprint density at radius 1 is 0.952 bits per heavy atom. The van der Waals surface area contributed by atoms with Gasteiger partial charge in [0.05, 0.1) is 4.90 Å². The second-order valence-electron chi connectivity index (χ2n) is 4.00. The van der Waals surface area contributed by atoms with Gasteiger partial charge < -0.3 is 0 Å². The van der Waals surface area contributed by atoms with Crippen molar-refractivity contribution in [3.63, 3.8) is 0 Å². The van der Waals surface area contributed by atoms with Gasteiger partial charge in [-0.2, -0.15) is 0 Å². The second kappa shape index (κ2) is 5.98. The van der Waals surface area contributed by atoms with Crippen molar-refractivity contribution in [2.24, 2.45) is 0 Å². The summed E-state index contributed by atoms with van der Waals surface area (Å²) >= 11 is 0. The number of benzene rings is 2. The van der Waals surface area contributed by atoms with E-state index in [1.807, 2.05) is 5.43 Å². The van der Waals surface area contributed by atoms with Crippen molar-refractivity contribution in [1.82, 2.24) is 10.3 Å². The Kier molecular flexibility index (Phi) is 4.29. The van der Waals surface area contributed by atoms with Crippen LogP contribution in [0.2, 0.25) is 0 Å². The van der Waals surface area contributed by atoms with Crippen LogP contribution in [0.5, 0.6) is 0 Å². The van der Waals surface area contributed by atoms with Gasteiger partial charge in [-0.15, -0.1) is 4.83 Å². The highest BCUT2D eigenvalue weighted by atomic mass is 32.2. The minimum absolute atomic E-state index is 0.241. The zero-order chi connectivity index (χ0) is 15.5. The average Bonchev–Trinajstić information content (AvgIpc) is 2.48. The summed E-state index contributed by atoms with van der Waals surface area (Å²) in [5, 5.41) is 0. The molecule has 8 heteroatoms. The van der Waals surface area contributed by atoms with Crippen LogP contribution in [0, 0.1) is 11.6 Å². The van der Waals surface area contributed by atoms with Gasteiger partial charge in [0.2, 0.25) is 0 Å². The van der Waals surface area contributed by atoms with Crippen molar-refractivity contribution < 1.29 is 22.0 Å². The SMILES string of the molecule is O=C(NNS(=O)(=O)c1ccc(F)c(F)c1)c1ccccc1. The fourth-order valence-electron chi connectivity index (χ4n) is 1.48. The molecule has 2 aromatic rings. The molecule has 0 fully saturated rings. The van der Waals surface area contributed by atoms with E-state index in [1.165, 1.54) is 12.1 Å². The molecule has 0 aliphatic carbocycles. The molecule has 1 amide bonds. The Morgan fingerprint density at radius 2 is 1.62 bits per heavy atom. The van der Waals surface area contributed by atoms with E-state index < -0.39 is 32.5 Å². The van der Waals surface area contributed by atoms with E-state index in [9.17, 15) is 22.0 Å². The summed E-state index contributed by atoms with van der Waals surface area (Å²) in [4.78, 5) is 13.0. The third kappa shape index (κ3) is 3.61. The van der Waals surface area contributed by atoms with Crippen LogP contribution in [0.25, 0.3) is 0 Å². The minimum atomic E-state index is -4.19. The molecule has 21 heavy (non-hydrogen) atoms. The lowest BCUT2D eigenvalue weighted by molar-refractivity contribution is 0.0945. The quantitative estimate of drug-likeness (QED) is 0.842. The Morgan fingerprint density at radius 3 is 2.24 bits per heavy atom. The summed E-state index contributed by atoms with van der Waals surface area (Å²) in [7, 11) is -4.19. The number of halogens is 2. The number of hydrogen-bond donors (Lipinski definition) is 2. The van der Waals surface area contributed by atoms with Crippen molar-refractivity contribution in [3.8, 4) is 0 Å². The molecule has 110 valence electrons.